The fourth-order valence-corrected chi connectivity index (χ4v) is 4.00. The van der Waals surface area contributed by atoms with Gasteiger partial charge in [-0.3, -0.25) is 4.90 Å². The fraction of sp³-hybridized carbons (Fsp3) is 0.296. The number of allylic oxidation sites excluding steroid dienone is 1. The van der Waals surface area contributed by atoms with Crippen molar-refractivity contribution in [2.45, 2.75) is 26.0 Å². The summed E-state index contributed by atoms with van der Waals surface area (Å²) in [6, 6.07) is 22.6. The topological polar surface area (TPSA) is 34.6 Å². The van der Waals surface area contributed by atoms with Crippen LogP contribution in [0.15, 0.2) is 79.0 Å². The number of para-hydroxylation sites is 1. The summed E-state index contributed by atoms with van der Waals surface area (Å²) in [6.07, 6.45) is 8.68. The second-order valence-electron chi connectivity index (χ2n) is 7.96. The molecule has 1 aliphatic rings. The summed E-state index contributed by atoms with van der Waals surface area (Å²) in [6.45, 7) is 3.64. The Labute approximate surface area is 185 Å². The van der Waals surface area contributed by atoms with Gasteiger partial charge in [-0.15, -0.1) is 0 Å². The van der Waals surface area contributed by atoms with Crippen molar-refractivity contribution in [1.82, 2.24) is 9.88 Å². The maximum absolute atomic E-state index is 6.09. The third-order valence-electron chi connectivity index (χ3n) is 5.77. The van der Waals surface area contributed by atoms with E-state index in [2.05, 4.69) is 52.4 Å². The summed E-state index contributed by atoms with van der Waals surface area (Å²) < 4.78 is 11.5. The quantitative estimate of drug-likeness (QED) is 0.481. The lowest BCUT2D eigenvalue weighted by Gasteiger charge is -2.30. The van der Waals surface area contributed by atoms with Crippen molar-refractivity contribution in [3.8, 4) is 11.6 Å². The zero-order valence-electron chi connectivity index (χ0n) is 18.1. The van der Waals surface area contributed by atoms with E-state index in [0.717, 1.165) is 55.2 Å². The Balaban J connectivity index is 1.31. The van der Waals surface area contributed by atoms with Crippen molar-refractivity contribution in [2.75, 3.05) is 20.2 Å². The smallest absolute Gasteiger partial charge is 0.217 e. The second kappa shape index (κ2) is 10.8. The number of hydrogen-bond acceptors (Lipinski definition) is 4. The first-order valence-electron chi connectivity index (χ1n) is 11.0. The van der Waals surface area contributed by atoms with Gasteiger partial charge in [0.2, 0.25) is 5.88 Å². The van der Waals surface area contributed by atoms with Gasteiger partial charge in [0.05, 0.1) is 7.11 Å². The first-order valence-corrected chi connectivity index (χ1v) is 11.0. The number of benzene rings is 2. The summed E-state index contributed by atoms with van der Waals surface area (Å²) in [5.41, 5.74) is 3.48. The number of nitrogens with zero attached hydrogens (tertiary/aromatic N) is 2. The summed E-state index contributed by atoms with van der Waals surface area (Å²) >= 11 is 0. The molecular weight excluding hydrogens is 384 g/mol. The molecule has 0 amide bonds. The molecule has 1 aromatic heterocycles. The van der Waals surface area contributed by atoms with E-state index >= 15 is 0 Å². The van der Waals surface area contributed by atoms with Crippen LogP contribution in [0.3, 0.4) is 0 Å². The number of aromatic nitrogens is 1. The molecule has 0 unspecified atom stereocenters. The molecule has 0 radical (unpaired) electrons. The van der Waals surface area contributed by atoms with Gasteiger partial charge >= 0.3 is 0 Å². The molecule has 2 heterocycles. The Bertz CT molecular complexity index is 979. The molecule has 160 valence electrons. The molecule has 2 aromatic carbocycles. The first-order chi connectivity index (χ1) is 15.3. The van der Waals surface area contributed by atoms with Crippen molar-refractivity contribution < 1.29 is 9.47 Å². The molecule has 0 spiro atoms. The third kappa shape index (κ3) is 5.96. The molecule has 31 heavy (non-hydrogen) atoms. The molecule has 4 heteroatoms. The van der Waals surface area contributed by atoms with Crippen LogP contribution in [0.1, 0.15) is 29.5 Å². The Morgan fingerprint density at radius 2 is 1.74 bits per heavy atom. The van der Waals surface area contributed by atoms with Gasteiger partial charge in [0.15, 0.2) is 0 Å². The Hall–Kier alpha value is -3.11. The average Bonchev–Trinajstić information content (AvgIpc) is 2.84. The van der Waals surface area contributed by atoms with Crippen LogP contribution < -0.4 is 9.47 Å². The molecule has 1 saturated heterocycles. The van der Waals surface area contributed by atoms with Crippen LogP contribution in [0.4, 0.5) is 0 Å². The van der Waals surface area contributed by atoms with E-state index in [4.69, 9.17) is 9.47 Å². The van der Waals surface area contributed by atoms with Crippen LogP contribution in [-0.4, -0.2) is 30.1 Å². The van der Waals surface area contributed by atoms with Gasteiger partial charge in [0, 0.05) is 23.9 Å². The molecule has 1 fully saturated rings. The summed E-state index contributed by atoms with van der Waals surface area (Å²) in [7, 11) is 1.68. The molecule has 4 rings (SSSR count). The number of likely N-dealkylation sites (tertiary alicyclic amines) is 1. The maximum Gasteiger partial charge on any atom is 0.217 e. The molecule has 4 nitrogen and oxygen atoms in total. The zero-order valence-corrected chi connectivity index (χ0v) is 18.1. The summed E-state index contributed by atoms with van der Waals surface area (Å²) in [4.78, 5) is 6.80. The molecule has 0 bridgehead atoms. The van der Waals surface area contributed by atoms with Gasteiger partial charge in [-0.05, 0) is 49.5 Å². The van der Waals surface area contributed by atoms with Crippen molar-refractivity contribution in [2.24, 2.45) is 5.92 Å². The minimum absolute atomic E-state index is 0.585. The summed E-state index contributed by atoms with van der Waals surface area (Å²) in [5.74, 6) is 2.26. The highest BCUT2D eigenvalue weighted by Crippen LogP contribution is 2.26. The van der Waals surface area contributed by atoms with E-state index in [1.807, 2.05) is 36.4 Å². The van der Waals surface area contributed by atoms with E-state index in [0.29, 0.717) is 12.5 Å². The van der Waals surface area contributed by atoms with Crippen LogP contribution in [-0.2, 0) is 13.2 Å². The molecule has 1 aliphatic heterocycles. The van der Waals surface area contributed by atoms with E-state index in [1.54, 1.807) is 13.3 Å². The van der Waals surface area contributed by atoms with Crippen molar-refractivity contribution in [3.63, 3.8) is 0 Å². The second-order valence-corrected chi connectivity index (χ2v) is 7.96. The largest absolute Gasteiger partial charge is 0.488 e. The fourth-order valence-electron chi connectivity index (χ4n) is 4.00. The monoisotopic (exact) mass is 414 g/mol. The third-order valence-corrected chi connectivity index (χ3v) is 5.77. The summed E-state index contributed by atoms with van der Waals surface area (Å²) in [5, 5.41) is 0. The highest BCUT2D eigenvalue weighted by molar-refractivity contribution is 5.57. The standard InChI is InChI=1S/C27H30N2O2/c1-30-27-25(11-7-17-28-27)20-29-18-15-22(16-19-29)13-14-24-10-5-6-12-26(24)31-21-23-8-3-2-4-9-23/h2-14,17,22H,15-16,18-21H2,1H3. The molecule has 0 N–H and O–H groups in total. The van der Waals surface area contributed by atoms with E-state index in [1.165, 1.54) is 5.56 Å². The molecule has 3 aromatic rings. The van der Waals surface area contributed by atoms with Gasteiger partial charge in [-0.2, -0.15) is 0 Å². The lowest BCUT2D eigenvalue weighted by molar-refractivity contribution is 0.193. The van der Waals surface area contributed by atoms with Crippen molar-refractivity contribution in [1.29, 1.82) is 0 Å². The number of rotatable bonds is 8. The van der Waals surface area contributed by atoms with Crippen LogP contribution in [0.5, 0.6) is 11.6 Å². The average molecular weight is 415 g/mol. The molecule has 0 saturated carbocycles. The van der Waals surface area contributed by atoms with E-state index < -0.39 is 0 Å². The lowest BCUT2D eigenvalue weighted by Crippen LogP contribution is -2.32. The van der Waals surface area contributed by atoms with Crippen molar-refractivity contribution >= 4 is 6.08 Å². The van der Waals surface area contributed by atoms with Gasteiger partial charge in [0.1, 0.15) is 12.4 Å². The van der Waals surface area contributed by atoms with Crippen LogP contribution in [0.25, 0.3) is 6.08 Å². The maximum atomic E-state index is 6.09. The predicted molar refractivity (Wildman–Crippen MR) is 125 cm³/mol. The van der Waals surface area contributed by atoms with Crippen LogP contribution in [0, 0.1) is 5.92 Å². The van der Waals surface area contributed by atoms with Crippen molar-refractivity contribution in [3.05, 3.63) is 95.7 Å². The highest BCUT2D eigenvalue weighted by atomic mass is 16.5. The van der Waals surface area contributed by atoms with Gasteiger partial charge in [-0.25, -0.2) is 4.98 Å². The lowest BCUT2D eigenvalue weighted by atomic mass is 9.95. The molecule has 0 atom stereocenters. The normalized spacial score (nSPS) is 15.3. The number of hydrogen-bond donors (Lipinski definition) is 0. The van der Waals surface area contributed by atoms with Crippen LogP contribution in [0.2, 0.25) is 0 Å². The minimum Gasteiger partial charge on any atom is -0.488 e. The van der Waals surface area contributed by atoms with Gasteiger partial charge in [0.25, 0.3) is 0 Å². The molecular formula is C27H30N2O2. The number of piperidine rings is 1. The van der Waals surface area contributed by atoms with Gasteiger partial charge in [-0.1, -0.05) is 66.7 Å². The van der Waals surface area contributed by atoms with E-state index in [9.17, 15) is 0 Å². The number of methoxy groups -OCH3 is 1. The Morgan fingerprint density at radius 3 is 2.55 bits per heavy atom. The Morgan fingerprint density at radius 1 is 0.968 bits per heavy atom. The predicted octanol–water partition coefficient (Wildman–Crippen LogP) is 5.59. The van der Waals surface area contributed by atoms with E-state index in [-0.39, 0.29) is 0 Å². The van der Waals surface area contributed by atoms with Crippen LogP contribution >= 0.6 is 0 Å². The minimum atomic E-state index is 0.585. The number of ether oxygens (including phenoxy) is 2. The first kappa shape index (κ1) is 21.1. The number of pyridine rings is 1. The highest BCUT2D eigenvalue weighted by Gasteiger charge is 2.18. The molecule has 0 aliphatic carbocycles. The van der Waals surface area contributed by atoms with Gasteiger partial charge < -0.3 is 9.47 Å². The SMILES string of the molecule is COc1ncccc1CN1CCC(C=Cc2ccccc2OCc2ccccc2)CC1. The Kier molecular flexibility index (Phi) is 7.35. The zero-order chi connectivity index (χ0) is 21.3.